The van der Waals surface area contributed by atoms with Gasteiger partial charge in [0.25, 0.3) is 0 Å². The first kappa shape index (κ1) is 27.8. The predicted molar refractivity (Wildman–Crippen MR) is 214 cm³/mol. The monoisotopic (exact) mass is 651 g/mol. The van der Waals surface area contributed by atoms with Gasteiger partial charge in [0.15, 0.2) is 0 Å². The van der Waals surface area contributed by atoms with Crippen LogP contribution >= 0.6 is 11.8 Å². The van der Waals surface area contributed by atoms with Crippen molar-refractivity contribution >= 4 is 65.9 Å². The maximum Gasteiger partial charge on any atom is 0.0619 e. The Kier molecular flexibility index (Phi) is 5.96. The van der Waals surface area contributed by atoms with Gasteiger partial charge < -0.3 is 4.57 Å². The van der Waals surface area contributed by atoms with Crippen LogP contribution in [0.3, 0.4) is 0 Å². The zero-order valence-electron chi connectivity index (χ0n) is 27.1. The highest BCUT2D eigenvalue weighted by atomic mass is 32.2. The Morgan fingerprint density at radius 2 is 0.900 bits per heavy atom. The van der Waals surface area contributed by atoms with Crippen LogP contribution in [0.1, 0.15) is 0 Å². The van der Waals surface area contributed by atoms with E-state index in [9.17, 15) is 0 Å². The molecule has 0 unspecified atom stereocenters. The molecule has 1 nitrogen and oxygen atoms in total. The molecule has 0 saturated carbocycles. The first-order chi connectivity index (χ1) is 24.8. The van der Waals surface area contributed by atoms with E-state index in [4.69, 9.17) is 0 Å². The summed E-state index contributed by atoms with van der Waals surface area (Å²) in [5.41, 5.74) is 11.2. The standard InChI is InChI=1S/C48H29NS/c1-3-15-38-30(9-1)21-26-41-42-27-22-31-10-2-4-16-39(31)48(42)49(47(38)41)35-24-19-32(20-25-35)36-13-5-6-14-37(36)34-23-28-44-43(29-34)40-17-7-11-33-12-8-18-45(50-44)46(33)40/h1-29H. The molecule has 9 aromatic carbocycles. The number of hydrogen-bond donors (Lipinski definition) is 0. The summed E-state index contributed by atoms with van der Waals surface area (Å²) in [6.45, 7) is 0. The van der Waals surface area contributed by atoms with E-state index in [1.54, 1.807) is 0 Å². The third-order valence-electron chi connectivity index (χ3n) is 10.6. The molecule has 10 aromatic rings. The van der Waals surface area contributed by atoms with E-state index in [2.05, 4.69) is 180 Å². The fourth-order valence-electron chi connectivity index (χ4n) is 8.30. The number of nitrogens with zero attached hydrogens (tertiary/aromatic N) is 1. The molecule has 1 aliphatic heterocycles. The SMILES string of the molecule is c1ccc(-c2ccc3c(c2)-c2cccc4cccc(c24)S3)c(-c2ccc(-n3c4c5ccccc5ccc4c4ccc5ccccc5c43)cc2)c1. The molecule has 0 N–H and O–H groups in total. The summed E-state index contributed by atoms with van der Waals surface area (Å²) in [5, 5.41) is 10.3. The van der Waals surface area contributed by atoms with Gasteiger partial charge in [-0.25, -0.2) is 0 Å². The van der Waals surface area contributed by atoms with Crippen molar-refractivity contribution in [1.82, 2.24) is 4.57 Å². The van der Waals surface area contributed by atoms with Crippen LogP contribution in [-0.4, -0.2) is 4.57 Å². The minimum absolute atomic E-state index is 1.16. The van der Waals surface area contributed by atoms with Crippen LogP contribution in [-0.2, 0) is 0 Å². The van der Waals surface area contributed by atoms with Crippen LogP contribution in [0.25, 0.3) is 93.2 Å². The molecular formula is C48H29NS. The lowest BCUT2D eigenvalue weighted by Crippen LogP contribution is -1.96. The van der Waals surface area contributed by atoms with Crippen molar-refractivity contribution in [1.29, 1.82) is 0 Å². The zero-order valence-corrected chi connectivity index (χ0v) is 27.9. The molecule has 0 bridgehead atoms. The topological polar surface area (TPSA) is 4.93 Å². The van der Waals surface area contributed by atoms with E-state index in [-0.39, 0.29) is 0 Å². The smallest absolute Gasteiger partial charge is 0.0619 e. The average molecular weight is 652 g/mol. The molecule has 0 amide bonds. The van der Waals surface area contributed by atoms with E-state index in [1.165, 1.54) is 97.3 Å². The van der Waals surface area contributed by atoms with E-state index >= 15 is 0 Å². The minimum atomic E-state index is 1.16. The quantitative estimate of drug-likeness (QED) is 0.184. The summed E-state index contributed by atoms with van der Waals surface area (Å²) in [7, 11) is 0. The van der Waals surface area contributed by atoms with Crippen molar-refractivity contribution in [2.45, 2.75) is 9.79 Å². The molecular weight excluding hydrogens is 623 g/mol. The van der Waals surface area contributed by atoms with Gasteiger partial charge in [0, 0.05) is 42.4 Å². The second-order valence-corrected chi connectivity index (χ2v) is 14.4. The highest BCUT2D eigenvalue weighted by Crippen LogP contribution is 2.49. The zero-order chi connectivity index (χ0) is 32.8. The van der Waals surface area contributed by atoms with Crippen molar-refractivity contribution in [3.63, 3.8) is 0 Å². The minimum Gasteiger partial charge on any atom is -0.308 e. The molecule has 232 valence electrons. The number of fused-ring (bicyclic) bond motifs is 9. The third kappa shape index (κ3) is 4.03. The van der Waals surface area contributed by atoms with Crippen LogP contribution < -0.4 is 0 Å². The van der Waals surface area contributed by atoms with Gasteiger partial charge in [0.1, 0.15) is 0 Å². The molecule has 2 heterocycles. The predicted octanol–water partition coefficient (Wildman–Crippen LogP) is 13.7. The average Bonchev–Trinajstić information content (AvgIpc) is 3.54. The van der Waals surface area contributed by atoms with Crippen LogP contribution in [0, 0.1) is 0 Å². The number of rotatable bonds is 3. The third-order valence-corrected chi connectivity index (χ3v) is 11.7. The van der Waals surface area contributed by atoms with Gasteiger partial charge >= 0.3 is 0 Å². The molecule has 0 fully saturated rings. The summed E-state index contributed by atoms with van der Waals surface area (Å²) >= 11 is 1.88. The van der Waals surface area contributed by atoms with Gasteiger partial charge in [-0.2, -0.15) is 0 Å². The van der Waals surface area contributed by atoms with Crippen LogP contribution in [0.2, 0.25) is 0 Å². The van der Waals surface area contributed by atoms with Crippen molar-refractivity contribution in [3.8, 4) is 39.1 Å². The fraction of sp³-hybridized carbons (Fsp3) is 0. The Morgan fingerprint density at radius 1 is 0.340 bits per heavy atom. The summed E-state index contributed by atoms with van der Waals surface area (Å²) in [5.74, 6) is 0. The lowest BCUT2D eigenvalue weighted by Gasteiger charge is -2.21. The van der Waals surface area contributed by atoms with E-state index in [0.29, 0.717) is 0 Å². The van der Waals surface area contributed by atoms with Crippen molar-refractivity contribution in [2.24, 2.45) is 0 Å². The Bertz CT molecular complexity index is 2900. The highest BCUT2D eigenvalue weighted by molar-refractivity contribution is 7.99. The summed E-state index contributed by atoms with van der Waals surface area (Å²) < 4.78 is 2.49. The van der Waals surface area contributed by atoms with Gasteiger partial charge in [0.2, 0.25) is 0 Å². The van der Waals surface area contributed by atoms with Crippen molar-refractivity contribution in [2.75, 3.05) is 0 Å². The summed E-state index contributed by atoms with van der Waals surface area (Å²) in [4.78, 5) is 2.65. The largest absolute Gasteiger partial charge is 0.308 e. The van der Waals surface area contributed by atoms with Gasteiger partial charge in [-0.05, 0) is 79.9 Å². The number of benzene rings is 9. The normalized spacial score (nSPS) is 12.3. The van der Waals surface area contributed by atoms with Crippen molar-refractivity contribution < 1.29 is 0 Å². The van der Waals surface area contributed by atoms with Crippen LogP contribution in [0.4, 0.5) is 0 Å². The van der Waals surface area contributed by atoms with Gasteiger partial charge in [-0.3, -0.25) is 0 Å². The maximum absolute atomic E-state index is 2.49. The molecule has 0 aliphatic carbocycles. The molecule has 0 atom stereocenters. The Morgan fingerprint density at radius 3 is 1.60 bits per heavy atom. The van der Waals surface area contributed by atoms with Crippen LogP contribution in [0.15, 0.2) is 186 Å². The molecule has 0 radical (unpaired) electrons. The van der Waals surface area contributed by atoms with E-state index in [1.807, 2.05) is 11.8 Å². The Labute approximate surface area is 294 Å². The summed E-state index contributed by atoms with van der Waals surface area (Å²) in [6.07, 6.45) is 0. The van der Waals surface area contributed by atoms with Gasteiger partial charge in [0.05, 0.1) is 11.0 Å². The maximum atomic E-state index is 2.49. The first-order valence-corrected chi connectivity index (χ1v) is 18.0. The van der Waals surface area contributed by atoms with Crippen LogP contribution in [0.5, 0.6) is 0 Å². The Hall–Kier alpha value is -6.09. The van der Waals surface area contributed by atoms with Crippen molar-refractivity contribution in [3.05, 3.63) is 176 Å². The molecule has 0 saturated heterocycles. The molecule has 50 heavy (non-hydrogen) atoms. The lowest BCUT2D eigenvalue weighted by molar-refractivity contribution is 1.19. The molecule has 0 spiro atoms. The highest BCUT2D eigenvalue weighted by Gasteiger charge is 2.21. The fourth-order valence-corrected chi connectivity index (χ4v) is 9.43. The Balaban J connectivity index is 1.08. The molecule has 11 rings (SSSR count). The number of aromatic nitrogens is 1. The first-order valence-electron chi connectivity index (χ1n) is 17.2. The number of hydrogen-bond acceptors (Lipinski definition) is 1. The molecule has 2 heteroatoms. The lowest BCUT2D eigenvalue weighted by atomic mass is 9.91. The van der Waals surface area contributed by atoms with Gasteiger partial charge in [-0.1, -0.05) is 157 Å². The summed E-state index contributed by atoms with van der Waals surface area (Å²) in [6, 6.07) is 65.0. The van der Waals surface area contributed by atoms with Gasteiger partial charge in [-0.15, -0.1) is 0 Å². The van der Waals surface area contributed by atoms with E-state index in [0.717, 1.165) is 5.69 Å². The molecule has 1 aliphatic rings. The van der Waals surface area contributed by atoms with E-state index < -0.39 is 0 Å². The molecule has 1 aromatic heterocycles. The second-order valence-electron chi connectivity index (χ2n) is 13.3. The second kappa shape index (κ2) is 10.7.